The molecule has 0 heterocycles. The molecule has 0 fully saturated rings. The monoisotopic (exact) mass is 756 g/mol. The summed E-state index contributed by atoms with van der Waals surface area (Å²) < 4.78 is -0.129. The van der Waals surface area contributed by atoms with Gasteiger partial charge in [-0.2, -0.15) is 0 Å². The summed E-state index contributed by atoms with van der Waals surface area (Å²) in [7, 11) is -2.80. The van der Waals surface area contributed by atoms with Gasteiger partial charge in [-0.15, -0.1) is 0 Å². The van der Waals surface area contributed by atoms with Crippen molar-refractivity contribution in [1.29, 1.82) is 0 Å². The van der Waals surface area contributed by atoms with Crippen LogP contribution in [-0.4, -0.2) is 8.07 Å². The molecule has 0 saturated carbocycles. The Labute approximate surface area is 326 Å². The number of halogens is 3. The molecule has 0 bridgehead atoms. The minimum absolute atomic E-state index is 0. The van der Waals surface area contributed by atoms with Crippen LogP contribution in [0.25, 0.3) is 0 Å². The van der Waals surface area contributed by atoms with Gasteiger partial charge in [0, 0.05) is 0 Å². The van der Waals surface area contributed by atoms with E-state index in [1.807, 2.05) is 0 Å². The molecule has 0 N–H and O–H groups in total. The third-order valence-corrected chi connectivity index (χ3v) is 17.5. The van der Waals surface area contributed by atoms with Crippen molar-refractivity contribution >= 4 is 23.6 Å². The van der Waals surface area contributed by atoms with E-state index in [9.17, 15) is 0 Å². The third kappa shape index (κ3) is 8.86. The predicted octanol–water partition coefficient (Wildman–Crippen LogP) is 2.06. The van der Waals surface area contributed by atoms with E-state index in [1.54, 1.807) is 15.6 Å². The molecule has 0 amide bonds. The standard InChI is InChI=1S/C43H59Si.3ClH.Ti/c1-14-33-15-16-40(17-33)44(41-21-34(27(2)3)18-35(22-41)28(4)5,42-23-36(29(6)7)19-37(24-42)30(8)9)43-25-38(31(10)11)20-39(26-43)32(12)13;;;;/h15-32H,14H2,1-13H3;3*1H;/q;;;;+3/p-3. The minimum Gasteiger partial charge on any atom is -1.00 e. The Hall–Kier alpha value is -1.06. The normalized spacial score (nSPS) is 16.1. The van der Waals surface area contributed by atoms with E-state index in [0.717, 1.165) is 6.42 Å². The topological polar surface area (TPSA) is 0 Å². The average molecular weight is 758 g/mol. The molecule has 0 nitrogen and oxygen atoms in total. The summed E-state index contributed by atoms with van der Waals surface area (Å²) in [6, 6.07) is 23.3. The first kappa shape index (κ1) is 45.0. The van der Waals surface area contributed by atoms with Crippen molar-refractivity contribution in [2.24, 2.45) is 0 Å². The van der Waals surface area contributed by atoms with Crippen molar-refractivity contribution < 1.29 is 57.7 Å². The second-order valence-corrected chi connectivity index (χ2v) is 21.8. The van der Waals surface area contributed by atoms with Crippen LogP contribution in [0, 0.1) is 0 Å². The zero-order chi connectivity index (χ0) is 33.4. The fourth-order valence-corrected chi connectivity index (χ4v) is 14.9. The van der Waals surface area contributed by atoms with Gasteiger partial charge in [0.15, 0.2) is 0 Å². The zero-order valence-corrected chi connectivity index (χ0v) is 36.6. The number of benzene rings is 3. The van der Waals surface area contributed by atoms with Crippen molar-refractivity contribution in [1.82, 2.24) is 0 Å². The van der Waals surface area contributed by atoms with E-state index in [1.165, 1.54) is 39.0 Å². The number of hydrogen-bond acceptors (Lipinski definition) is 0. The molecule has 3 aromatic rings. The molecule has 1 atom stereocenters. The second-order valence-electron chi connectivity index (χ2n) is 15.6. The Kier molecular flexibility index (Phi) is 16.8. The van der Waals surface area contributed by atoms with E-state index < -0.39 is 8.07 Å². The van der Waals surface area contributed by atoms with Gasteiger partial charge >= 0.3 is 291 Å². The SMILES string of the molecule is CCC1=C[C]([Ti+3])([Si](c2cc(C(C)C)cc(C(C)C)c2)(c2cc(C(C)C)cc(C(C)C)c2)c2cc(C(C)C)cc(C(C)C)c2)C=C1.[Cl-].[Cl-].[Cl-]. The Bertz CT molecular complexity index is 1350. The predicted molar refractivity (Wildman–Crippen MR) is 199 cm³/mol. The fraction of sp³-hybridized carbons (Fsp3) is 0.488. The molecule has 0 spiro atoms. The Morgan fingerprint density at radius 2 is 0.729 bits per heavy atom. The van der Waals surface area contributed by atoms with Gasteiger partial charge in [-0.3, -0.25) is 0 Å². The van der Waals surface area contributed by atoms with Gasteiger partial charge in [0.05, 0.1) is 0 Å². The molecule has 48 heavy (non-hydrogen) atoms. The van der Waals surface area contributed by atoms with Gasteiger partial charge in [-0.05, 0) is 0 Å². The summed E-state index contributed by atoms with van der Waals surface area (Å²) in [6.07, 6.45) is 8.78. The Balaban J connectivity index is 0.00000384. The quantitative estimate of drug-likeness (QED) is 0.208. The summed E-state index contributed by atoms with van der Waals surface area (Å²) in [5.74, 6) is 2.77. The van der Waals surface area contributed by atoms with E-state index in [2.05, 4.69) is 183 Å². The first-order valence-corrected chi connectivity index (χ1v) is 20.4. The molecule has 3 aromatic carbocycles. The molecule has 5 heteroatoms. The van der Waals surface area contributed by atoms with Crippen molar-refractivity contribution in [2.45, 2.75) is 135 Å². The average Bonchev–Trinajstić information content (AvgIpc) is 3.38. The minimum atomic E-state index is -2.80. The van der Waals surface area contributed by atoms with E-state index in [-0.39, 0.29) is 40.6 Å². The third-order valence-electron chi connectivity index (χ3n) is 10.2. The summed E-state index contributed by atoms with van der Waals surface area (Å²) in [5, 5.41) is 4.68. The summed E-state index contributed by atoms with van der Waals surface area (Å²) in [5.41, 5.74) is 10.3. The smallest absolute Gasteiger partial charge is 1.00 e. The molecule has 0 aromatic heterocycles. The zero-order valence-electron chi connectivity index (χ0n) is 31.7. The first-order chi connectivity index (χ1) is 21.0. The maximum absolute atomic E-state index is 2.80. The summed E-state index contributed by atoms with van der Waals surface area (Å²) in [4.78, 5) is 0. The molecule has 0 radical (unpaired) electrons. The van der Waals surface area contributed by atoms with Crippen LogP contribution >= 0.6 is 0 Å². The van der Waals surface area contributed by atoms with Crippen LogP contribution in [0.15, 0.2) is 78.4 Å². The second kappa shape index (κ2) is 17.9. The molecule has 260 valence electrons. The molecule has 4 rings (SSSR count). The molecule has 1 aliphatic carbocycles. The van der Waals surface area contributed by atoms with Crippen LogP contribution < -0.4 is 52.8 Å². The van der Waals surface area contributed by atoms with Crippen LogP contribution in [-0.2, 0) is 20.4 Å². The van der Waals surface area contributed by atoms with Gasteiger partial charge in [-0.1, -0.05) is 0 Å². The van der Waals surface area contributed by atoms with Crippen LogP contribution in [0.3, 0.4) is 0 Å². The molecule has 1 aliphatic rings. The van der Waals surface area contributed by atoms with Crippen molar-refractivity contribution in [3.8, 4) is 0 Å². The van der Waals surface area contributed by atoms with Gasteiger partial charge in [-0.25, -0.2) is 0 Å². The van der Waals surface area contributed by atoms with Gasteiger partial charge < -0.3 is 37.2 Å². The maximum Gasteiger partial charge on any atom is -1.00 e. The van der Waals surface area contributed by atoms with Crippen molar-refractivity contribution in [3.63, 3.8) is 0 Å². The Morgan fingerprint density at radius 1 is 0.479 bits per heavy atom. The number of hydrogen-bond donors (Lipinski definition) is 0. The van der Waals surface area contributed by atoms with E-state index in [0.29, 0.717) is 35.5 Å². The molecular formula is C43H59Cl3SiTi. The van der Waals surface area contributed by atoms with Crippen LogP contribution in [0.4, 0.5) is 0 Å². The summed E-state index contributed by atoms with van der Waals surface area (Å²) >= 11 is 2.57. The van der Waals surface area contributed by atoms with E-state index in [4.69, 9.17) is 0 Å². The van der Waals surface area contributed by atoms with Gasteiger partial charge in [0.2, 0.25) is 0 Å². The first-order valence-electron chi connectivity index (χ1n) is 17.7. The largest absolute Gasteiger partial charge is 1.00 e. The van der Waals surface area contributed by atoms with Gasteiger partial charge in [0.1, 0.15) is 0 Å². The molecular weight excluding hydrogens is 699 g/mol. The maximum atomic E-state index is 2.67. The van der Waals surface area contributed by atoms with Crippen molar-refractivity contribution in [2.75, 3.05) is 0 Å². The molecule has 1 unspecified atom stereocenters. The van der Waals surface area contributed by atoms with Crippen LogP contribution in [0.2, 0.25) is 3.34 Å². The summed E-state index contributed by atoms with van der Waals surface area (Å²) in [6.45, 7) is 30.7. The number of allylic oxidation sites excluding steroid dienone is 4. The van der Waals surface area contributed by atoms with Gasteiger partial charge in [0.25, 0.3) is 0 Å². The molecule has 0 aliphatic heterocycles. The fourth-order valence-electron chi connectivity index (χ4n) is 6.98. The molecule has 0 saturated heterocycles. The van der Waals surface area contributed by atoms with Crippen LogP contribution in [0.1, 0.15) is 165 Å². The Morgan fingerprint density at radius 3 is 0.917 bits per heavy atom. The number of rotatable bonds is 11. The van der Waals surface area contributed by atoms with E-state index >= 15 is 0 Å². The van der Waals surface area contributed by atoms with Crippen molar-refractivity contribution in [3.05, 3.63) is 112 Å². The van der Waals surface area contributed by atoms with Crippen LogP contribution in [0.5, 0.6) is 0 Å².